The molecule has 2 fully saturated rings. The lowest BCUT2D eigenvalue weighted by Crippen LogP contribution is -2.52. The largest absolute Gasteiger partial charge is 0.427 e. The number of carbonyl (C=O) groups excluding carboxylic acids is 1. The molecule has 1 N–H and O–H groups in total. The van der Waals surface area contributed by atoms with E-state index < -0.39 is 0 Å². The van der Waals surface area contributed by atoms with Gasteiger partial charge in [-0.15, -0.1) is 6.58 Å². The summed E-state index contributed by atoms with van der Waals surface area (Å²) in [5.41, 5.74) is 2.85. The highest BCUT2D eigenvalue weighted by atomic mass is 16.5. The maximum Gasteiger partial charge on any atom is 0.308 e. The van der Waals surface area contributed by atoms with Gasteiger partial charge in [0.25, 0.3) is 0 Å². The molecule has 0 saturated heterocycles. The Hall–Kier alpha value is -1.61. The van der Waals surface area contributed by atoms with Gasteiger partial charge in [-0.2, -0.15) is 0 Å². The highest BCUT2D eigenvalue weighted by Gasteiger charge is 2.62. The molecule has 2 saturated carbocycles. The Bertz CT molecular complexity index is 814. The van der Waals surface area contributed by atoms with Crippen molar-refractivity contribution < 1.29 is 14.6 Å². The number of ether oxygens (including phenoxy) is 1. The monoisotopic (exact) mass is 410 g/mol. The van der Waals surface area contributed by atoms with Crippen molar-refractivity contribution >= 4 is 5.97 Å². The fraction of sp³-hybridized carbons (Fsp3) is 0.667. The number of aryl methyl sites for hydroxylation is 1. The van der Waals surface area contributed by atoms with Crippen molar-refractivity contribution in [2.75, 3.05) is 0 Å². The third-order valence-corrected chi connectivity index (χ3v) is 8.75. The summed E-state index contributed by atoms with van der Waals surface area (Å²) in [5, 5.41) is 11.2. The maximum atomic E-state index is 11.4. The van der Waals surface area contributed by atoms with Crippen LogP contribution in [0.5, 0.6) is 5.75 Å². The van der Waals surface area contributed by atoms with Crippen LogP contribution < -0.4 is 4.74 Å². The molecule has 1 aromatic carbocycles. The molecule has 3 aliphatic rings. The Morgan fingerprint density at radius 3 is 2.83 bits per heavy atom. The number of aliphatic hydroxyl groups excluding tert-OH is 1. The molecule has 30 heavy (non-hydrogen) atoms. The number of allylic oxidation sites excluding steroid dienone is 1. The number of benzene rings is 1. The van der Waals surface area contributed by atoms with Crippen LogP contribution in [0.15, 0.2) is 30.9 Å². The third-order valence-electron chi connectivity index (χ3n) is 8.75. The minimum Gasteiger partial charge on any atom is -0.427 e. The van der Waals surface area contributed by atoms with E-state index in [4.69, 9.17) is 4.74 Å². The summed E-state index contributed by atoms with van der Waals surface area (Å²) < 4.78 is 5.34. The third kappa shape index (κ3) is 3.34. The Morgan fingerprint density at radius 2 is 2.13 bits per heavy atom. The summed E-state index contributed by atoms with van der Waals surface area (Å²) in [6, 6.07) is 6.21. The Morgan fingerprint density at radius 1 is 1.33 bits per heavy atom. The highest BCUT2D eigenvalue weighted by molar-refractivity contribution is 5.69. The van der Waals surface area contributed by atoms with Gasteiger partial charge in [0.1, 0.15) is 5.75 Å². The highest BCUT2D eigenvalue weighted by Crippen LogP contribution is 2.69. The molecule has 3 nitrogen and oxygen atoms in total. The molecule has 3 aliphatic carbocycles. The first-order valence-electron chi connectivity index (χ1n) is 12.0. The molecule has 164 valence electrons. The molecule has 1 aromatic rings. The molecule has 0 spiro atoms. The van der Waals surface area contributed by atoms with E-state index in [0.29, 0.717) is 23.5 Å². The number of rotatable bonds is 6. The van der Waals surface area contributed by atoms with Crippen molar-refractivity contribution in [2.24, 2.45) is 22.7 Å². The zero-order valence-electron chi connectivity index (χ0n) is 19.0. The molecule has 0 heterocycles. The molecular formula is C27H38O3. The fourth-order valence-corrected chi connectivity index (χ4v) is 7.72. The number of hydrogen-bond donors (Lipinski definition) is 1. The minimum absolute atomic E-state index is 0.0501. The number of esters is 1. The van der Waals surface area contributed by atoms with Gasteiger partial charge in [0, 0.05) is 12.3 Å². The molecule has 0 bridgehead atoms. The van der Waals surface area contributed by atoms with Crippen molar-refractivity contribution in [3.63, 3.8) is 0 Å². The van der Waals surface area contributed by atoms with Gasteiger partial charge in [0.2, 0.25) is 0 Å². The lowest BCUT2D eigenvalue weighted by molar-refractivity contribution is -0.131. The second-order valence-electron chi connectivity index (χ2n) is 10.3. The Kier molecular flexibility index (Phi) is 5.87. The Balaban J connectivity index is 1.69. The van der Waals surface area contributed by atoms with E-state index >= 15 is 0 Å². The van der Waals surface area contributed by atoms with E-state index in [1.54, 1.807) is 0 Å². The van der Waals surface area contributed by atoms with Crippen molar-refractivity contribution in [3.8, 4) is 5.75 Å². The normalized spacial score (nSPS) is 35.7. The van der Waals surface area contributed by atoms with Gasteiger partial charge in [-0.25, -0.2) is 0 Å². The van der Waals surface area contributed by atoms with Gasteiger partial charge >= 0.3 is 5.97 Å². The van der Waals surface area contributed by atoms with Crippen LogP contribution in [0.1, 0.15) is 89.2 Å². The van der Waals surface area contributed by atoms with Gasteiger partial charge in [0.05, 0.1) is 6.10 Å². The molecule has 3 heteroatoms. The lowest BCUT2D eigenvalue weighted by Gasteiger charge is -2.58. The summed E-state index contributed by atoms with van der Waals surface area (Å²) >= 11 is 0. The standard InChI is InChI=1S/C27H38O3/c1-5-7-18(3)17-27-15-13-23-22-9-8-21(30-19(4)28)16-20(22)12-14-26(23,6-2)24(27)10-11-25(27)29/h6,8-9,16,18,23-25,29H,2,5,7,10-15,17H2,1,3-4H3/t18?,23-,24+,25+,26-,27-/m1/s1. The van der Waals surface area contributed by atoms with Crippen LogP contribution in [0.4, 0.5) is 0 Å². The van der Waals surface area contributed by atoms with Crippen LogP contribution >= 0.6 is 0 Å². The van der Waals surface area contributed by atoms with Crippen molar-refractivity contribution in [1.82, 2.24) is 0 Å². The molecule has 4 rings (SSSR count). The first kappa shape index (κ1) is 21.6. The zero-order valence-corrected chi connectivity index (χ0v) is 19.0. The first-order chi connectivity index (χ1) is 14.4. The predicted octanol–water partition coefficient (Wildman–Crippen LogP) is 6.19. The number of fused-ring (bicyclic) bond motifs is 5. The maximum absolute atomic E-state index is 11.4. The van der Waals surface area contributed by atoms with Gasteiger partial charge in [0.15, 0.2) is 0 Å². The molecule has 0 radical (unpaired) electrons. The zero-order chi connectivity index (χ0) is 21.5. The summed E-state index contributed by atoms with van der Waals surface area (Å²) in [6.45, 7) is 10.5. The summed E-state index contributed by atoms with van der Waals surface area (Å²) in [5.74, 6) is 2.01. The van der Waals surface area contributed by atoms with E-state index in [1.807, 2.05) is 6.07 Å². The van der Waals surface area contributed by atoms with Crippen molar-refractivity contribution in [1.29, 1.82) is 0 Å². The summed E-state index contributed by atoms with van der Waals surface area (Å²) in [4.78, 5) is 11.4. The van der Waals surface area contributed by atoms with E-state index in [-0.39, 0.29) is 22.9 Å². The summed E-state index contributed by atoms with van der Waals surface area (Å²) in [7, 11) is 0. The average molecular weight is 411 g/mol. The smallest absolute Gasteiger partial charge is 0.308 e. The van der Waals surface area contributed by atoms with Crippen molar-refractivity contribution in [2.45, 2.75) is 90.6 Å². The first-order valence-corrected chi connectivity index (χ1v) is 12.0. The lowest BCUT2D eigenvalue weighted by atomic mass is 9.46. The van der Waals surface area contributed by atoms with Gasteiger partial charge in [-0.05, 0) is 91.4 Å². The minimum atomic E-state index is -0.269. The van der Waals surface area contributed by atoms with Crippen LogP contribution in [-0.4, -0.2) is 17.2 Å². The molecule has 1 unspecified atom stereocenters. The average Bonchev–Trinajstić information content (AvgIpc) is 3.04. The molecule has 0 amide bonds. The van der Waals surface area contributed by atoms with Crippen LogP contribution in [0.25, 0.3) is 0 Å². The van der Waals surface area contributed by atoms with Crippen LogP contribution in [0, 0.1) is 22.7 Å². The summed E-state index contributed by atoms with van der Waals surface area (Å²) in [6.07, 6.45) is 12.0. The van der Waals surface area contributed by atoms with Crippen LogP contribution in [0.3, 0.4) is 0 Å². The topological polar surface area (TPSA) is 46.5 Å². The quantitative estimate of drug-likeness (QED) is 0.345. The van der Waals surface area contributed by atoms with E-state index in [1.165, 1.54) is 30.9 Å². The van der Waals surface area contributed by atoms with Gasteiger partial charge < -0.3 is 9.84 Å². The van der Waals surface area contributed by atoms with Gasteiger partial charge in [-0.1, -0.05) is 38.8 Å². The second kappa shape index (κ2) is 8.15. The van der Waals surface area contributed by atoms with E-state index in [0.717, 1.165) is 44.9 Å². The van der Waals surface area contributed by atoms with Gasteiger partial charge in [-0.3, -0.25) is 4.79 Å². The SMILES string of the molecule is C=C[C@@]12CCc3cc(OC(C)=O)ccc3[C@H]1CC[C@]1(CC(C)CCC)[C@@H](O)CC[C@@H]21. The van der Waals surface area contributed by atoms with E-state index in [9.17, 15) is 9.90 Å². The fourth-order valence-electron chi connectivity index (χ4n) is 7.72. The second-order valence-corrected chi connectivity index (χ2v) is 10.3. The molecular weight excluding hydrogens is 372 g/mol. The van der Waals surface area contributed by atoms with Crippen LogP contribution in [0.2, 0.25) is 0 Å². The van der Waals surface area contributed by atoms with Crippen molar-refractivity contribution in [3.05, 3.63) is 42.0 Å². The molecule has 0 aliphatic heterocycles. The number of carbonyl (C=O) groups is 1. The Labute approximate surface area is 181 Å². The van der Waals surface area contributed by atoms with Crippen LogP contribution in [-0.2, 0) is 11.2 Å². The number of hydrogen-bond acceptors (Lipinski definition) is 3. The number of aliphatic hydroxyl groups is 1. The van der Waals surface area contributed by atoms with E-state index in [2.05, 4.69) is 38.6 Å². The molecule has 0 aromatic heterocycles. The molecule has 6 atom stereocenters. The predicted molar refractivity (Wildman–Crippen MR) is 121 cm³/mol.